The third kappa shape index (κ3) is 4.51. The number of carbonyl (C=O) groups excluding carboxylic acids is 2. The Balaban J connectivity index is 1.83. The van der Waals surface area contributed by atoms with Gasteiger partial charge in [-0.3, -0.25) is 4.79 Å². The number of nitrogens with zero attached hydrogens (tertiary/aromatic N) is 2. The number of ether oxygens (including phenoxy) is 1. The van der Waals surface area contributed by atoms with E-state index < -0.39 is 24.0 Å². The highest BCUT2D eigenvalue weighted by molar-refractivity contribution is 6.30. The van der Waals surface area contributed by atoms with E-state index in [2.05, 4.69) is 5.10 Å². The van der Waals surface area contributed by atoms with Gasteiger partial charge in [0.1, 0.15) is 11.8 Å². The van der Waals surface area contributed by atoms with Crippen LogP contribution in [0.3, 0.4) is 0 Å². The van der Waals surface area contributed by atoms with E-state index in [1.807, 2.05) is 19.1 Å². The van der Waals surface area contributed by atoms with Crippen molar-refractivity contribution >= 4 is 29.2 Å². The molecule has 0 saturated heterocycles. The zero-order valence-corrected chi connectivity index (χ0v) is 16.4. The maximum Gasteiger partial charge on any atom is 0.331 e. The fraction of sp³-hybridized carbons (Fsp3) is 0.286. The molecule has 1 aliphatic heterocycles. The summed E-state index contributed by atoms with van der Waals surface area (Å²) in [7, 11) is 0. The maximum atomic E-state index is 12.9. The molecule has 0 aliphatic carbocycles. The molecular weight excluding hydrogens is 380 g/mol. The first kappa shape index (κ1) is 19.9. The number of rotatable bonds is 6. The molecule has 3 rings (SSSR count). The molecule has 1 aliphatic rings. The highest BCUT2D eigenvalue weighted by Crippen LogP contribution is 2.34. The average Bonchev–Trinajstić information content (AvgIpc) is 3.35. The van der Waals surface area contributed by atoms with E-state index in [1.54, 1.807) is 36.6 Å². The summed E-state index contributed by atoms with van der Waals surface area (Å²) in [6.07, 6.45) is 4.77. The number of hydrogen-bond acceptors (Lipinski definition) is 5. The second kappa shape index (κ2) is 8.89. The molecule has 146 valence electrons. The highest BCUT2D eigenvalue weighted by atomic mass is 35.5. The summed E-state index contributed by atoms with van der Waals surface area (Å²) in [4.78, 5) is 24.8. The number of hydrazone groups is 1. The van der Waals surface area contributed by atoms with Crippen molar-refractivity contribution < 1.29 is 18.7 Å². The van der Waals surface area contributed by atoms with Gasteiger partial charge in [0.25, 0.3) is 5.91 Å². The SMILES string of the molecule is CC/C=C/C(=O)O[C@H](C)C(=O)N1N=C(c2ccc(Cl)cc2)C[C@H]1c1ccco1. The molecule has 0 fully saturated rings. The Morgan fingerprint density at radius 2 is 2.11 bits per heavy atom. The summed E-state index contributed by atoms with van der Waals surface area (Å²) in [6, 6.07) is 10.4. The number of allylic oxidation sites excluding steroid dienone is 1. The number of amides is 1. The van der Waals surface area contributed by atoms with Crippen LogP contribution in [0.25, 0.3) is 0 Å². The van der Waals surface area contributed by atoms with Crippen LogP contribution in [0, 0.1) is 0 Å². The number of carbonyl (C=O) groups is 2. The van der Waals surface area contributed by atoms with Crippen LogP contribution in [0.5, 0.6) is 0 Å². The predicted octanol–water partition coefficient (Wildman–Crippen LogP) is 4.51. The van der Waals surface area contributed by atoms with Gasteiger partial charge in [-0.1, -0.05) is 36.7 Å². The van der Waals surface area contributed by atoms with Crippen LogP contribution in [-0.2, 0) is 14.3 Å². The molecule has 0 saturated carbocycles. The van der Waals surface area contributed by atoms with Crippen LogP contribution in [0.4, 0.5) is 0 Å². The van der Waals surface area contributed by atoms with Crippen molar-refractivity contribution in [3.63, 3.8) is 0 Å². The van der Waals surface area contributed by atoms with Gasteiger partial charge in [-0.25, -0.2) is 9.80 Å². The predicted molar refractivity (Wildman–Crippen MR) is 106 cm³/mol. The third-order valence-corrected chi connectivity index (χ3v) is 4.57. The Labute approximate surface area is 168 Å². The lowest BCUT2D eigenvalue weighted by molar-refractivity contribution is -0.156. The van der Waals surface area contributed by atoms with Gasteiger partial charge in [0.05, 0.1) is 12.0 Å². The van der Waals surface area contributed by atoms with Gasteiger partial charge in [0.15, 0.2) is 6.10 Å². The van der Waals surface area contributed by atoms with Crippen LogP contribution in [0.1, 0.15) is 44.1 Å². The lowest BCUT2D eigenvalue weighted by atomic mass is 10.0. The molecule has 6 nitrogen and oxygen atoms in total. The zero-order chi connectivity index (χ0) is 20.1. The molecule has 0 unspecified atom stereocenters. The standard InChI is InChI=1S/C21H21ClN2O4/c1-3-4-7-20(25)28-14(2)21(26)24-18(19-6-5-12-27-19)13-17(23-24)15-8-10-16(22)11-9-15/h4-12,14,18H,3,13H2,1-2H3/b7-4+/t14-,18+/m1/s1. The van der Waals surface area contributed by atoms with Crippen molar-refractivity contribution in [2.75, 3.05) is 0 Å². The zero-order valence-electron chi connectivity index (χ0n) is 15.7. The summed E-state index contributed by atoms with van der Waals surface area (Å²) in [6.45, 7) is 3.44. The lowest BCUT2D eigenvalue weighted by Crippen LogP contribution is -2.37. The Morgan fingerprint density at radius 1 is 1.36 bits per heavy atom. The summed E-state index contributed by atoms with van der Waals surface area (Å²) in [5, 5.41) is 6.47. The minimum Gasteiger partial charge on any atom is -0.467 e. The number of furan rings is 1. The van der Waals surface area contributed by atoms with Gasteiger partial charge in [0, 0.05) is 17.5 Å². The molecule has 0 N–H and O–H groups in total. The first-order valence-corrected chi connectivity index (χ1v) is 9.44. The molecule has 2 aromatic rings. The molecule has 0 bridgehead atoms. The third-order valence-electron chi connectivity index (χ3n) is 4.32. The number of benzene rings is 1. The average molecular weight is 401 g/mol. The van der Waals surface area contributed by atoms with E-state index in [0.29, 0.717) is 23.6 Å². The number of esters is 1. The minimum atomic E-state index is -0.972. The van der Waals surface area contributed by atoms with E-state index >= 15 is 0 Å². The van der Waals surface area contributed by atoms with Gasteiger partial charge in [-0.2, -0.15) is 5.10 Å². The largest absolute Gasteiger partial charge is 0.467 e. The summed E-state index contributed by atoms with van der Waals surface area (Å²) < 4.78 is 10.7. The fourth-order valence-corrected chi connectivity index (χ4v) is 3.02. The first-order valence-electron chi connectivity index (χ1n) is 9.06. The van der Waals surface area contributed by atoms with E-state index in [4.69, 9.17) is 20.8 Å². The molecule has 2 atom stereocenters. The lowest BCUT2D eigenvalue weighted by Gasteiger charge is -2.22. The van der Waals surface area contributed by atoms with Crippen LogP contribution in [-0.4, -0.2) is 28.7 Å². The Hall–Kier alpha value is -2.86. The van der Waals surface area contributed by atoms with Crippen molar-refractivity contribution in [3.8, 4) is 0 Å². The van der Waals surface area contributed by atoms with Gasteiger partial charge < -0.3 is 9.15 Å². The summed E-state index contributed by atoms with van der Waals surface area (Å²) in [5.74, 6) is -0.354. The molecule has 1 amide bonds. The fourth-order valence-electron chi connectivity index (χ4n) is 2.90. The van der Waals surface area contributed by atoms with Crippen LogP contribution < -0.4 is 0 Å². The van der Waals surface area contributed by atoms with Crippen molar-refractivity contribution in [1.82, 2.24) is 5.01 Å². The van der Waals surface area contributed by atoms with Crippen molar-refractivity contribution in [2.45, 2.75) is 38.8 Å². The molecule has 7 heteroatoms. The summed E-state index contributed by atoms with van der Waals surface area (Å²) in [5.41, 5.74) is 1.60. The topological polar surface area (TPSA) is 72.1 Å². The van der Waals surface area contributed by atoms with E-state index in [1.165, 1.54) is 18.0 Å². The number of hydrogen-bond donors (Lipinski definition) is 0. The van der Waals surface area contributed by atoms with Crippen molar-refractivity contribution in [1.29, 1.82) is 0 Å². The second-order valence-corrected chi connectivity index (χ2v) is 6.80. The van der Waals surface area contributed by atoms with Gasteiger partial charge in [-0.05, 0) is 43.2 Å². The Kier molecular flexibility index (Phi) is 6.31. The summed E-state index contributed by atoms with van der Waals surface area (Å²) >= 11 is 5.96. The minimum absolute atomic E-state index is 0.402. The van der Waals surface area contributed by atoms with Gasteiger partial charge >= 0.3 is 5.97 Å². The molecule has 2 heterocycles. The van der Waals surface area contributed by atoms with Gasteiger partial charge in [0.2, 0.25) is 0 Å². The maximum absolute atomic E-state index is 12.9. The smallest absolute Gasteiger partial charge is 0.331 e. The van der Waals surface area contributed by atoms with Crippen molar-refractivity contribution in [2.24, 2.45) is 5.10 Å². The second-order valence-electron chi connectivity index (χ2n) is 6.36. The molecular formula is C21H21ClN2O4. The molecule has 1 aromatic heterocycles. The quantitative estimate of drug-likeness (QED) is 0.528. The first-order chi connectivity index (χ1) is 13.5. The molecule has 28 heavy (non-hydrogen) atoms. The van der Waals surface area contributed by atoms with E-state index in [-0.39, 0.29) is 0 Å². The molecule has 0 spiro atoms. The highest BCUT2D eigenvalue weighted by Gasteiger charge is 2.37. The Bertz CT molecular complexity index is 888. The van der Waals surface area contributed by atoms with Crippen LogP contribution in [0.2, 0.25) is 5.02 Å². The number of halogens is 1. The monoisotopic (exact) mass is 400 g/mol. The van der Waals surface area contributed by atoms with E-state index in [0.717, 1.165) is 11.3 Å². The Morgan fingerprint density at radius 3 is 2.75 bits per heavy atom. The van der Waals surface area contributed by atoms with Crippen LogP contribution >= 0.6 is 11.6 Å². The van der Waals surface area contributed by atoms with E-state index in [9.17, 15) is 9.59 Å². The molecule has 0 radical (unpaired) electrons. The molecule has 1 aromatic carbocycles. The van der Waals surface area contributed by atoms with Crippen molar-refractivity contribution in [3.05, 3.63) is 71.2 Å². The van der Waals surface area contributed by atoms with Crippen LogP contribution in [0.15, 0.2) is 64.3 Å². The van der Waals surface area contributed by atoms with Gasteiger partial charge in [-0.15, -0.1) is 0 Å². The normalized spacial score (nSPS) is 17.6.